The van der Waals surface area contributed by atoms with Gasteiger partial charge in [-0.15, -0.1) is 0 Å². The van der Waals surface area contributed by atoms with E-state index in [1.807, 2.05) is 0 Å². The summed E-state index contributed by atoms with van der Waals surface area (Å²) in [4.78, 5) is 28.5. The molecule has 0 unspecified atom stereocenters. The Kier molecular flexibility index (Phi) is 4.82. The molecule has 9 heteroatoms. The number of fused-ring (bicyclic) bond motifs is 1. The number of carbonyl (C=O) groups is 1. The van der Waals surface area contributed by atoms with Crippen molar-refractivity contribution < 1.29 is 18.0 Å². The van der Waals surface area contributed by atoms with Gasteiger partial charge in [0.25, 0.3) is 5.56 Å². The van der Waals surface area contributed by atoms with E-state index in [2.05, 4.69) is 26.2 Å². The maximum atomic E-state index is 12.9. The maximum Gasteiger partial charge on any atom is 0.417 e. The van der Waals surface area contributed by atoms with Crippen molar-refractivity contribution in [3.8, 4) is 0 Å². The molecule has 26 heavy (non-hydrogen) atoms. The Morgan fingerprint density at radius 3 is 2.65 bits per heavy atom. The fourth-order valence-electron chi connectivity index (χ4n) is 2.39. The number of nitrogens with one attached hydrogen (secondary N) is 1. The molecule has 0 saturated carbocycles. The van der Waals surface area contributed by atoms with E-state index >= 15 is 0 Å². The number of carbonyl (C=O) groups excluding carboxylic acids is 1. The molecule has 3 rings (SSSR count). The summed E-state index contributed by atoms with van der Waals surface area (Å²) in [6.45, 7) is -0.367. The Labute approximate surface area is 153 Å². The van der Waals surface area contributed by atoms with Crippen LogP contribution in [0.4, 0.5) is 18.9 Å². The number of rotatable bonds is 3. The number of anilines is 1. The third-order valence-corrected chi connectivity index (χ3v) is 4.29. The molecule has 0 aliphatic carbocycles. The van der Waals surface area contributed by atoms with E-state index < -0.39 is 23.2 Å². The minimum Gasteiger partial charge on any atom is -0.325 e. The number of amides is 1. The van der Waals surface area contributed by atoms with Gasteiger partial charge in [-0.1, -0.05) is 28.1 Å². The summed E-state index contributed by atoms with van der Waals surface area (Å²) in [5.41, 5.74) is -0.832. The Morgan fingerprint density at radius 2 is 1.92 bits per heavy atom. The second-order valence-corrected chi connectivity index (χ2v) is 6.29. The van der Waals surface area contributed by atoms with E-state index in [9.17, 15) is 22.8 Å². The van der Waals surface area contributed by atoms with Gasteiger partial charge >= 0.3 is 6.18 Å². The Morgan fingerprint density at radius 1 is 1.19 bits per heavy atom. The van der Waals surface area contributed by atoms with Crippen LogP contribution >= 0.6 is 15.9 Å². The number of alkyl halides is 3. The highest BCUT2D eigenvalue weighted by Crippen LogP contribution is 2.36. The van der Waals surface area contributed by atoms with Crippen molar-refractivity contribution in [3.63, 3.8) is 0 Å². The fourth-order valence-corrected chi connectivity index (χ4v) is 2.87. The Bertz CT molecular complexity index is 1050. The van der Waals surface area contributed by atoms with Gasteiger partial charge in [0, 0.05) is 10.2 Å². The second kappa shape index (κ2) is 6.91. The molecular formula is C17H11BrF3N3O2. The summed E-state index contributed by atoms with van der Waals surface area (Å²) < 4.78 is 39.7. The highest BCUT2D eigenvalue weighted by molar-refractivity contribution is 9.10. The quantitative estimate of drug-likeness (QED) is 0.693. The van der Waals surface area contributed by atoms with Crippen molar-refractivity contribution in [3.05, 3.63) is 69.2 Å². The first-order chi connectivity index (χ1) is 12.3. The lowest BCUT2D eigenvalue weighted by molar-refractivity contribution is -0.138. The number of para-hydroxylation sites is 1. The van der Waals surface area contributed by atoms with Crippen LogP contribution in [0.25, 0.3) is 10.9 Å². The van der Waals surface area contributed by atoms with Crippen LogP contribution in [0, 0.1) is 0 Å². The van der Waals surface area contributed by atoms with Gasteiger partial charge in [-0.3, -0.25) is 14.2 Å². The number of benzene rings is 2. The number of aromatic nitrogens is 2. The summed E-state index contributed by atoms with van der Waals surface area (Å²) in [5.74, 6) is -0.639. The molecule has 1 heterocycles. The smallest absolute Gasteiger partial charge is 0.325 e. The van der Waals surface area contributed by atoms with Gasteiger partial charge in [-0.05, 0) is 30.3 Å². The van der Waals surface area contributed by atoms with Crippen LogP contribution in [0.15, 0.2) is 58.1 Å². The Balaban J connectivity index is 1.82. The molecule has 1 N–H and O–H groups in total. The highest BCUT2D eigenvalue weighted by atomic mass is 79.9. The molecule has 0 aliphatic heterocycles. The highest BCUT2D eigenvalue weighted by Gasteiger charge is 2.33. The predicted molar refractivity (Wildman–Crippen MR) is 93.8 cm³/mol. The largest absolute Gasteiger partial charge is 0.417 e. The van der Waals surface area contributed by atoms with Crippen molar-refractivity contribution in [2.75, 3.05) is 5.32 Å². The van der Waals surface area contributed by atoms with E-state index in [1.54, 1.807) is 24.3 Å². The van der Waals surface area contributed by atoms with E-state index in [0.29, 0.717) is 10.9 Å². The summed E-state index contributed by atoms with van der Waals surface area (Å²) in [5, 5.41) is 2.71. The molecule has 0 fully saturated rings. The molecular weight excluding hydrogens is 415 g/mol. The molecule has 0 bridgehead atoms. The molecule has 0 atom stereocenters. The standard InChI is InChI=1S/C17H11BrF3N3O2/c18-13-6-5-10(7-12(13)17(19,20)21)23-15(25)8-24-9-22-14-4-2-1-3-11(14)16(24)26/h1-7,9H,8H2,(H,23,25). The average molecular weight is 426 g/mol. The van der Waals surface area contributed by atoms with Crippen LogP contribution in [-0.4, -0.2) is 15.5 Å². The van der Waals surface area contributed by atoms with E-state index in [4.69, 9.17) is 0 Å². The summed E-state index contributed by atoms with van der Waals surface area (Å²) in [7, 11) is 0. The van der Waals surface area contributed by atoms with Gasteiger partial charge in [0.2, 0.25) is 5.91 Å². The molecule has 3 aromatic rings. The van der Waals surface area contributed by atoms with E-state index in [-0.39, 0.29) is 16.7 Å². The average Bonchev–Trinajstić information content (AvgIpc) is 2.58. The van der Waals surface area contributed by atoms with Crippen molar-refractivity contribution in [1.29, 1.82) is 0 Å². The van der Waals surface area contributed by atoms with Crippen LogP contribution in [0.3, 0.4) is 0 Å². The van der Waals surface area contributed by atoms with Gasteiger partial charge in [0.1, 0.15) is 6.54 Å². The minimum atomic E-state index is -4.56. The van der Waals surface area contributed by atoms with Gasteiger partial charge in [0.15, 0.2) is 0 Å². The molecule has 2 aromatic carbocycles. The molecule has 0 saturated heterocycles. The van der Waals surface area contributed by atoms with E-state index in [1.165, 1.54) is 18.5 Å². The monoisotopic (exact) mass is 425 g/mol. The molecule has 0 radical (unpaired) electrons. The zero-order valence-electron chi connectivity index (χ0n) is 13.0. The Hall–Kier alpha value is -2.68. The van der Waals surface area contributed by atoms with Crippen LogP contribution in [0.2, 0.25) is 0 Å². The lowest BCUT2D eigenvalue weighted by atomic mass is 10.2. The molecule has 0 aliphatic rings. The molecule has 134 valence electrons. The normalized spacial score (nSPS) is 11.5. The van der Waals surface area contributed by atoms with Crippen LogP contribution in [0.5, 0.6) is 0 Å². The van der Waals surface area contributed by atoms with E-state index in [0.717, 1.165) is 10.6 Å². The molecule has 0 spiro atoms. The second-order valence-electron chi connectivity index (χ2n) is 5.44. The lowest BCUT2D eigenvalue weighted by Crippen LogP contribution is -2.28. The van der Waals surface area contributed by atoms with Crippen molar-refractivity contribution in [2.24, 2.45) is 0 Å². The number of halogens is 4. The zero-order chi connectivity index (χ0) is 18.9. The predicted octanol–water partition coefficient (Wildman–Crippen LogP) is 3.82. The lowest BCUT2D eigenvalue weighted by Gasteiger charge is -2.12. The zero-order valence-corrected chi connectivity index (χ0v) is 14.6. The molecule has 1 aromatic heterocycles. The number of hydrogen-bond acceptors (Lipinski definition) is 3. The van der Waals surface area contributed by atoms with Crippen LogP contribution < -0.4 is 10.9 Å². The third-order valence-electron chi connectivity index (χ3n) is 3.60. The SMILES string of the molecule is O=C(Cn1cnc2ccccc2c1=O)Nc1ccc(Br)c(C(F)(F)F)c1. The first-order valence-corrected chi connectivity index (χ1v) is 8.16. The third kappa shape index (κ3) is 3.77. The van der Waals surface area contributed by atoms with Crippen molar-refractivity contribution in [1.82, 2.24) is 9.55 Å². The van der Waals surface area contributed by atoms with Gasteiger partial charge < -0.3 is 5.32 Å². The minimum absolute atomic E-state index is 0.0210. The van der Waals surface area contributed by atoms with Crippen LogP contribution in [-0.2, 0) is 17.5 Å². The van der Waals surface area contributed by atoms with Gasteiger partial charge in [-0.2, -0.15) is 13.2 Å². The van der Waals surface area contributed by atoms with Crippen molar-refractivity contribution >= 4 is 38.4 Å². The fraction of sp³-hybridized carbons (Fsp3) is 0.118. The number of hydrogen-bond donors (Lipinski definition) is 1. The van der Waals surface area contributed by atoms with Crippen LogP contribution in [0.1, 0.15) is 5.56 Å². The van der Waals surface area contributed by atoms with Crippen molar-refractivity contribution in [2.45, 2.75) is 12.7 Å². The first-order valence-electron chi connectivity index (χ1n) is 7.36. The first kappa shape index (κ1) is 18.1. The summed E-state index contributed by atoms with van der Waals surface area (Å²) >= 11 is 2.83. The topological polar surface area (TPSA) is 64.0 Å². The maximum absolute atomic E-state index is 12.9. The molecule has 1 amide bonds. The summed E-state index contributed by atoms with van der Waals surface area (Å²) in [6.07, 6.45) is -3.33. The van der Waals surface area contributed by atoms with Gasteiger partial charge in [-0.25, -0.2) is 4.98 Å². The summed E-state index contributed by atoms with van der Waals surface area (Å²) in [6, 6.07) is 10.0. The number of nitrogens with zero attached hydrogens (tertiary/aromatic N) is 2. The van der Waals surface area contributed by atoms with Gasteiger partial charge in [0.05, 0.1) is 22.8 Å². The molecule has 5 nitrogen and oxygen atoms in total.